The molecule has 9 heteroatoms. The molecule has 0 atom stereocenters. The van der Waals surface area contributed by atoms with E-state index in [9.17, 15) is 14.4 Å². The van der Waals surface area contributed by atoms with Crippen molar-refractivity contribution in [2.45, 2.75) is 20.8 Å². The van der Waals surface area contributed by atoms with Crippen molar-refractivity contribution < 1.29 is 19.1 Å². The van der Waals surface area contributed by atoms with Crippen molar-refractivity contribution in [2.75, 3.05) is 11.9 Å². The Morgan fingerprint density at radius 1 is 1.03 bits per heavy atom. The van der Waals surface area contributed by atoms with Gasteiger partial charge < -0.3 is 15.8 Å². The van der Waals surface area contributed by atoms with Crippen molar-refractivity contribution in [1.82, 2.24) is 4.98 Å². The van der Waals surface area contributed by atoms with Gasteiger partial charge in [-0.3, -0.25) is 9.59 Å². The molecule has 35 heavy (non-hydrogen) atoms. The number of halogens is 1. The lowest BCUT2D eigenvalue weighted by molar-refractivity contribution is 0.0527. The number of fused-ring (bicyclic) bond motifs is 1. The number of nitrogens with zero attached hydrogens (tertiary/aromatic N) is 1. The smallest absolute Gasteiger partial charge is 0.341 e. The van der Waals surface area contributed by atoms with E-state index in [1.165, 1.54) is 0 Å². The van der Waals surface area contributed by atoms with Crippen LogP contribution in [0.4, 0.5) is 5.00 Å². The van der Waals surface area contributed by atoms with Gasteiger partial charge in [0.25, 0.3) is 11.8 Å². The number of para-hydroxylation sites is 1. The van der Waals surface area contributed by atoms with Crippen LogP contribution < -0.4 is 11.1 Å². The van der Waals surface area contributed by atoms with E-state index in [1.54, 1.807) is 26.0 Å². The molecule has 0 saturated heterocycles. The molecule has 2 heterocycles. The van der Waals surface area contributed by atoms with Gasteiger partial charge in [0.05, 0.1) is 33.8 Å². The summed E-state index contributed by atoms with van der Waals surface area (Å²) in [7, 11) is 0. The molecular formula is C26H22ClN3O4S. The number of carbonyl (C=O) groups excluding carboxylic acids is 3. The number of nitrogens with two attached hydrogens (primary N) is 1. The van der Waals surface area contributed by atoms with Crippen LogP contribution in [0.3, 0.4) is 0 Å². The van der Waals surface area contributed by atoms with Crippen LogP contribution in [0.15, 0.2) is 48.5 Å². The lowest BCUT2D eigenvalue weighted by atomic mass is 9.97. The number of hydrogen-bond donors (Lipinski definition) is 2. The number of benzene rings is 2. The number of anilines is 1. The van der Waals surface area contributed by atoms with Crippen LogP contribution >= 0.6 is 22.9 Å². The van der Waals surface area contributed by atoms with E-state index in [-0.39, 0.29) is 22.0 Å². The quantitative estimate of drug-likeness (QED) is 0.322. The summed E-state index contributed by atoms with van der Waals surface area (Å²) in [5.41, 5.74) is 9.13. The maximum absolute atomic E-state index is 13.7. The van der Waals surface area contributed by atoms with E-state index in [0.717, 1.165) is 16.9 Å². The van der Waals surface area contributed by atoms with Crippen molar-refractivity contribution >= 4 is 56.6 Å². The number of ether oxygens (including phenoxy) is 1. The Hall–Kier alpha value is -3.75. The van der Waals surface area contributed by atoms with E-state index < -0.39 is 17.8 Å². The summed E-state index contributed by atoms with van der Waals surface area (Å²) in [4.78, 5) is 43.2. The first-order valence-electron chi connectivity index (χ1n) is 10.8. The lowest BCUT2D eigenvalue weighted by Crippen LogP contribution is -2.17. The number of rotatable bonds is 6. The molecular weight excluding hydrogens is 486 g/mol. The SMILES string of the molecule is CCOC(=O)c1c(NC(=O)c2c(C)c(-c3ccc(Cl)cc3)nc3ccccc23)sc(C(N)=O)c1C. The number of nitrogens with one attached hydrogen (secondary N) is 1. The first kappa shape index (κ1) is 24.4. The van der Waals surface area contributed by atoms with Crippen LogP contribution in [0.25, 0.3) is 22.2 Å². The fourth-order valence-corrected chi connectivity index (χ4v) is 5.11. The topological polar surface area (TPSA) is 111 Å². The second-order valence-corrected chi connectivity index (χ2v) is 9.24. The van der Waals surface area contributed by atoms with E-state index in [2.05, 4.69) is 5.32 Å². The number of thiophene rings is 1. The third kappa shape index (κ3) is 4.62. The van der Waals surface area contributed by atoms with Gasteiger partial charge in [0.15, 0.2) is 0 Å². The minimum Gasteiger partial charge on any atom is -0.462 e. The fraction of sp³-hybridized carbons (Fsp3) is 0.154. The molecule has 7 nitrogen and oxygen atoms in total. The van der Waals surface area contributed by atoms with Crippen molar-refractivity contribution in [1.29, 1.82) is 0 Å². The summed E-state index contributed by atoms with van der Waals surface area (Å²) < 4.78 is 5.15. The number of carbonyl (C=O) groups is 3. The van der Waals surface area contributed by atoms with Crippen LogP contribution in [0.2, 0.25) is 5.02 Å². The van der Waals surface area contributed by atoms with Crippen LogP contribution in [0, 0.1) is 13.8 Å². The fourth-order valence-electron chi connectivity index (χ4n) is 3.94. The average molecular weight is 508 g/mol. The molecule has 0 fully saturated rings. The average Bonchev–Trinajstić information content (AvgIpc) is 3.15. The van der Waals surface area contributed by atoms with Crippen molar-refractivity contribution in [3.05, 3.63) is 80.7 Å². The summed E-state index contributed by atoms with van der Waals surface area (Å²) in [5, 5.41) is 4.27. The largest absolute Gasteiger partial charge is 0.462 e. The number of aromatic nitrogens is 1. The number of primary amides is 1. The molecule has 2 aromatic carbocycles. The highest BCUT2D eigenvalue weighted by Crippen LogP contribution is 2.36. The molecule has 0 radical (unpaired) electrons. The van der Waals surface area contributed by atoms with Crippen molar-refractivity contribution in [2.24, 2.45) is 5.73 Å². The summed E-state index contributed by atoms with van der Waals surface area (Å²) in [5.74, 6) is -1.77. The van der Waals surface area contributed by atoms with Gasteiger partial charge in [0.2, 0.25) is 0 Å². The Bertz CT molecular complexity index is 1480. The lowest BCUT2D eigenvalue weighted by Gasteiger charge is -2.15. The maximum Gasteiger partial charge on any atom is 0.341 e. The predicted molar refractivity (Wildman–Crippen MR) is 138 cm³/mol. The predicted octanol–water partition coefficient (Wildman–Crippen LogP) is 5.76. The summed E-state index contributed by atoms with van der Waals surface area (Å²) >= 11 is 7.00. The zero-order valence-corrected chi connectivity index (χ0v) is 20.8. The van der Waals surface area contributed by atoms with Gasteiger partial charge >= 0.3 is 5.97 Å². The number of hydrogen-bond acceptors (Lipinski definition) is 6. The third-order valence-corrected chi connectivity index (χ3v) is 7.03. The minimum atomic E-state index is -0.686. The van der Waals surface area contributed by atoms with Crippen molar-refractivity contribution in [3.8, 4) is 11.3 Å². The second kappa shape index (κ2) is 9.85. The third-order valence-electron chi connectivity index (χ3n) is 5.56. The van der Waals surface area contributed by atoms with Gasteiger partial charge in [-0.05, 0) is 50.1 Å². The summed E-state index contributed by atoms with van der Waals surface area (Å²) in [6.07, 6.45) is 0. The maximum atomic E-state index is 13.7. The molecule has 2 aromatic heterocycles. The van der Waals surface area contributed by atoms with E-state index in [0.29, 0.717) is 38.3 Å². The minimum absolute atomic E-state index is 0.118. The molecule has 0 saturated carbocycles. The van der Waals surface area contributed by atoms with Crippen molar-refractivity contribution in [3.63, 3.8) is 0 Å². The Morgan fingerprint density at radius 2 is 1.71 bits per heavy atom. The zero-order valence-electron chi connectivity index (χ0n) is 19.3. The highest BCUT2D eigenvalue weighted by atomic mass is 35.5. The van der Waals surface area contributed by atoms with Crippen LogP contribution in [0.1, 0.15) is 48.4 Å². The van der Waals surface area contributed by atoms with Crippen LogP contribution in [-0.2, 0) is 4.74 Å². The Labute approximate surface area is 210 Å². The normalized spacial score (nSPS) is 10.9. The summed E-state index contributed by atoms with van der Waals surface area (Å²) in [6, 6.07) is 14.5. The highest BCUT2D eigenvalue weighted by Gasteiger charge is 2.27. The first-order valence-corrected chi connectivity index (χ1v) is 12.0. The monoisotopic (exact) mass is 507 g/mol. The molecule has 0 unspecified atom stereocenters. The van der Waals surface area contributed by atoms with E-state index >= 15 is 0 Å². The van der Waals surface area contributed by atoms with Gasteiger partial charge in [0.1, 0.15) is 5.00 Å². The summed E-state index contributed by atoms with van der Waals surface area (Å²) in [6.45, 7) is 5.24. The van der Waals surface area contributed by atoms with Crippen LogP contribution in [0.5, 0.6) is 0 Å². The number of amides is 2. The number of esters is 1. The molecule has 2 amide bonds. The molecule has 178 valence electrons. The molecule has 4 aromatic rings. The molecule has 0 spiro atoms. The van der Waals surface area contributed by atoms with E-state index in [1.807, 2.05) is 43.3 Å². The van der Waals surface area contributed by atoms with Gasteiger partial charge in [-0.2, -0.15) is 0 Å². The van der Waals surface area contributed by atoms with Crippen LogP contribution in [-0.4, -0.2) is 29.4 Å². The van der Waals surface area contributed by atoms with Gasteiger partial charge in [-0.1, -0.05) is 41.9 Å². The van der Waals surface area contributed by atoms with Gasteiger partial charge in [-0.15, -0.1) is 11.3 Å². The molecule has 0 aliphatic rings. The molecule has 0 aliphatic heterocycles. The van der Waals surface area contributed by atoms with E-state index in [4.69, 9.17) is 27.1 Å². The Balaban J connectivity index is 1.86. The molecule has 0 bridgehead atoms. The molecule has 3 N–H and O–H groups in total. The Kier molecular flexibility index (Phi) is 6.86. The van der Waals surface area contributed by atoms with Gasteiger partial charge in [-0.25, -0.2) is 9.78 Å². The Morgan fingerprint density at radius 3 is 2.37 bits per heavy atom. The standard InChI is InChI=1S/C26H22ClN3O4S/c1-4-34-26(33)20-14(3)22(23(28)31)35-25(20)30-24(32)19-13(2)21(15-9-11-16(27)12-10-15)29-18-8-6-5-7-17(18)19/h5-12H,4H2,1-3H3,(H2,28,31)(H,30,32). The second-order valence-electron chi connectivity index (χ2n) is 7.78. The highest BCUT2D eigenvalue weighted by molar-refractivity contribution is 7.18. The first-order chi connectivity index (χ1) is 16.7. The molecule has 4 rings (SSSR count). The zero-order chi connectivity index (χ0) is 25.3. The van der Waals surface area contributed by atoms with Gasteiger partial charge in [0, 0.05) is 16.0 Å². The molecule has 0 aliphatic carbocycles. The number of pyridine rings is 1.